The molecule has 1 N–H and O–H groups in total. The number of nitrogens with zero attached hydrogens (tertiary/aromatic N) is 2. The van der Waals surface area contributed by atoms with E-state index in [1.807, 2.05) is 6.20 Å². The SMILES string of the molecule is CCCNc1cc(CN2CCc3ccccc3C2)ccn1. The highest BCUT2D eigenvalue weighted by atomic mass is 15.1. The van der Waals surface area contributed by atoms with Gasteiger partial charge in [-0.3, -0.25) is 4.90 Å². The van der Waals surface area contributed by atoms with E-state index in [0.717, 1.165) is 44.8 Å². The molecule has 0 bridgehead atoms. The molecule has 2 heterocycles. The van der Waals surface area contributed by atoms with Gasteiger partial charge >= 0.3 is 0 Å². The zero-order valence-corrected chi connectivity index (χ0v) is 12.7. The Balaban J connectivity index is 1.65. The fraction of sp³-hybridized carbons (Fsp3) is 0.389. The minimum Gasteiger partial charge on any atom is -0.370 e. The minimum atomic E-state index is 0.980. The first-order valence-corrected chi connectivity index (χ1v) is 7.83. The van der Waals surface area contributed by atoms with Crippen molar-refractivity contribution in [2.45, 2.75) is 32.9 Å². The molecule has 21 heavy (non-hydrogen) atoms. The lowest BCUT2D eigenvalue weighted by Crippen LogP contribution is -2.30. The van der Waals surface area contributed by atoms with Crippen LogP contribution in [0.4, 0.5) is 5.82 Å². The number of hydrogen-bond acceptors (Lipinski definition) is 3. The van der Waals surface area contributed by atoms with Gasteiger partial charge in [-0.25, -0.2) is 4.98 Å². The molecule has 0 atom stereocenters. The molecule has 3 rings (SSSR count). The lowest BCUT2D eigenvalue weighted by Gasteiger charge is -2.28. The van der Waals surface area contributed by atoms with Crippen LogP contribution >= 0.6 is 0 Å². The molecule has 1 aliphatic heterocycles. The van der Waals surface area contributed by atoms with Gasteiger partial charge in [0.2, 0.25) is 0 Å². The lowest BCUT2D eigenvalue weighted by molar-refractivity contribution is 0.245. The summed E-state index contributed by atoms with van der Waals surface area (Å²) in [6.45, 7) is 6.33. The summed E-state index contributed by atoms with van der Waals surface area (Å²) in [6, 6.07) is 13.1. The Hall–Kier alpha value is -1.87. The highest BCUT2D eigenvalue weighted by Crippen LogP contribution is 2.20. The van der Waals surface area contributed by atoms with Crippen LogP contribution < -0.4 is 5.32 Å². The lowest BCUT2D eigenvalue weighted by atomic mass is 9.99. The monoisotopic (exact) mass is 281 g/mol. The molecule has 0 unspecified atom stereocenters. The molecular formula is C18H23N3. The van der Waals surface area contributed by atoms with Gasteiger partial charge in [-0.15, -0.1) is 0 Å². The van der Waals surface area contributed by atoms with Crippen LogP contribution in [0.5, 0.6) is 0 Å². The number of benzene rings is 1. The summed E-state index contributed by atoms with van der Waals surface area (Å²) in [6.07, 6.45) is 4.18. The second-order valence-electron chi connectivity index (χ2n) is 5.71. The summed E-state index contributed by atoms with van der Waals surface area (Å²) in [4.78, 5) is 6.89. The maximum Gasteiger partial charge on any atom is 0.126 e. The number of fused-ring (bicyclic) bond motifs is 1. The van der Waals surface area contributed by atoms with E-state index >= 15 is 0 Å². The molecule has 2 aromatic rings. The molecule has 0 saturated heterocycles. The van der Waals surface area contributed by atoms with Crippen LogP contribution in [0.15, 0.2) is 42.6 Å². The predicted molar refractivity (Wildman–Crippen MR) is 87.3 cm³/mol. The van der Waals surface area contributed by atoms with Gasteiger partial charge < -0.3 is 5.32 Å². The second-order valence-corrected chi connectivity index (χ2v) is 5.71. The maximum atomic E-state index is 4.38. The van der Waals surface area contributed by atoms with Gasteiger partial charge in [0.15, 0.2) is 0 Å². The van der Waals surface area contributed by atoms with Crippen LogP contribution in [0, 0.1) is 0 Å². The number of nitrogens with one attached hydrogen (secondary N) is 1. The summed E-state index contributed by atoms with van der Waals surface area (Å²) in [5.74, 6) is 0.992. The molecule has 0 fully saturated rings. The number of pyridine rings is 1. The smallest absolute Gasteiger partial charge is 0.126 e. The molecule has 0 saturated carbocycles. The van der Waals surface area contributed by atoms with Gasteiger partial charge in [0.25, 0.3) is 0 Å². The van der Waals surface area contributed by atoms with Crippen LogP contribution in [0.25, 0.3) is 0 Å². The van der Waals surface area contributed by atoms with Crippen molar-refractivity contribution >= 4 is 5.82 Å². The third kappa shape index (κ3) is 3.61. The van der Waals surface area contributed by atoms with Crippen LogP contribution in [0.1, 0.15) is 30.0 Å². The van der Waals surface area contributed by atoms with Crippen molar-refractivity contribution in [2.24, 2.45) is 0 Å². The predicted octanol–water partition coefficient (Wildman–Crippen LogP) is 3.46. The van der Waals surface area contributed by atoms with Gasteiger partial charge in [-0.05, 0) is 41.7 Å². The van der Waals surface area contributed by atoms with E-state index in [9.17, 15) is 0 Å². The summed E-state index contributed by atoms with van der Waals surface area (Å²) in [7, 11) is 0. The van der Waals surface area contributed by atoms with E-state index in [1.165, 1.54) is 16.7 Å². The highest BCUT2D eigenvalue weighted by Gasteiger charge is 2.15. The van der Waals surface area contributed by atoms with Gasteiger partial charge in [0, 0.05) is 32.4 Å². The minimum absolute atomic E-state index is 0.980. The van der Waals surface area contributed by atoms with Crippen molar-refractivity contribution in [3.8, 4) is 0 Å². The molecule has 0 amide bonds. The summed E-state index contributed by atoms with van der Waals surface area (Å²) in [5, 5.41) is 3.36. The third-order valence-corrected chi connectivity index (χ3v) is 4.00. The standard InChI is InChI=1S/C18H23N3/c1-2-9-19-18-12-15(7-10-20-18)13-21-11-8-16-5-3-4-6-17(16)14-21/h3-7,10,12H,2,8-9,11,13-14H2,1H3,(H,19,20). The Morgan fingerprint density at radius 2 is 2.05 bits per heavy atom. The first-order valence-electron chi connectivity index (χ1n) is 7.83. The molecule has 1 aromatic heterocycles. The number of anilines is 1. The van der Waals surface area contributed by atoms with Crippen LogP contribution in [-0.4, -0.2) is 23.0 Å². The molecule has 3 nitrogen and oxygen atoms in total. The molecule has 0 spiro atoms. The zero-order valence-electron chi connectivity index (χ0n) is 12.7. The van der Waals surface area contributed by atoms with Gasteiger partial charge in [0.05, 0.1) is 0 Å². The first-order chi connectivity index (χ1) is 10.3. The van der Waals surface area contributed by atoms with E-state index in [4.69, 9.17) is 0 Å². The fourth-order valence-electron chi connectivity index (χ4n) is 2.87. The topological polar surface area (TPSA) is 28.2 Å². The molecule has 0 radical (unpaired) electrons. The zero-order chi connectivity index (χ0) is 14.5. The average molecular weight is 281 g/mol. The number of rotatable bonds is 5. The Kier molecular flexibility index (Phi) is 4.51. The van der Waals surface area contributed by atoms with Crippen LogP contribution in [0.3, 0.4) is 0 Å². The summed E-state index contributed by atoms with van der Waals surface area (Å²) in [5.41, 5.74) is 4.32. The number of hydrogen-bond donors (Lipinski definition) is 1. The van der Waals surface area contributed by atoms with Gasteiger partial charge in [-0.1, -0.05) is 31.2 Å². The normalized spacial score (nSPS) is 14.7. The largest absolute Gasteiger partial charge is 0.370 e. The van der Waals surface area contributed by atoms with Crippen LogP contribution in [0.2, 0.25) is 0 Å². The average Bonchev–Trinajstić information content (AvgIpc) is 2.53. The van der Waals surface area contributed by atoms with E-state index in [1.54, 1.807) is 0 Å². The fourth-order valence-corrected chi connectivity index (χ4v) is 2.87. The highest BCUT2D eigenvalue weighted by molar-refractivity contribution is 5.37. The van der Waals surface area contributed by atoms with Crippen molar-refractivity contribution in [2.75, 3.05) is 18.4 Å². The maximum absolute atomic E-state index is 4.38. The first kappa shape index (κ1) is 14.1. The van der Waals surface area contributed by atoms with E-state index in [2.05, 4.69) is 58.5 Å². The van der Waals surface area contributed by atoms with Crippen molar-refractivity contribution in [1.82, 2.24) is 9.88 Å². The molecule has 0 aliphatic carbocycles. The molecular weight excluding hydrogens is 258 g/mol. The van der Waals surface area contributed by atoms with Crippen molar-refractivity contribution in [1.29, 1.82) is 0 Å². The third-order valence-electron chi connectivity index (χ3n) is 4.00. The van der Waals surface area contributed by atoms with Gasteiger partial charge in [0.1, 0.15) is 5.82 Å². The molecule has 1 aromatic carbocycles. The Bertz CT molecular complexity index is 595. The summed E-state index contributed by atoms with van der Waals surface area (Å²) >= 11 is 0. The van der Waals surface area contributed by atoms with Crippen LogP contribution in [-0.2, 0) is 19.5 Å². The quantitative estimate of drug-likeness (QED) is 0.909. The van der Waals surface area contributed by atoms with Crippen molar-refractivity contribution < 1.29 is 0 Å². The van der Waals surface area contributed by atoms with Crippen molar-refractivity contribution in [3.63, 3.8) is 0 Å². The van der Waals surface area contributed by atoms with E-state index in [-0.39, 0.29) is 0 Å². The van der Waals surface area contributed by atoms with Gasteiger partial charge in [-0.2, -0.15) is 0 Å². The number of aromatic nitrogens is 1. The molecule has 1 aliphatic rings. The molecule has 110 valence electrons. The Morgan fingerprint density at radius 1 is 1.19 bits per heavy atom. The second kappa shape index (κ2) is 6.72. The Morgan fingerprint density at radius 3 is 2.90 bits per heavy atom. The summed E-state index contributed by atoms with van der Waals surface area (Å²) < 4.78 is 0. The van der Waals surface area contributed by atoms with E-state index < -0.39 is 0 Å². The molecule has 3 heteroatoms. The van der Waals surface area contributed by atoms with Crippen molar-refractivity contribution in [3.05, 3.63) is 59.3 Å². The Labute approximate surface area is 127 Å². The van der Waals surface area contributed by atoms with E-state index in [0.29, 0.717) is 0 Å².